The summed E-state index contributed by atoms with van der Waals surface area (Å²) in [5.74, 6) is -0.238. The Hall–Kier alpha value is -3.32. The first-order valence-corrected chi connectivity index (χ1v) is 8.07. The van der Waals surface area contributed by atoms with Crippen molar-refractivity contribution in [2.24, 2.45) is 16.5 Å². The van der Waals surface area contributed by atoms with Crippen LogP contribution in [0.4, 0.5) is 11.4 Å². The zero-order valence-corrected chi connectivity index (χ0v) is 15.8. The Balaban J connectivity index is 0.00000261. The van der Waals surface area contributed by atoms with Crippen molar-refractivity contribution in [2.45, 2.75) is 13.8 Å². The Morgan fingerprint density at radius 2 is 1.81 bits per heavy atom. The smallest absolute Gasteiger partial charge is 0.273 e. The van der Waals surface area contributed by atoms with Crippen molar-refractivity contribution < 1.29 is 4.79 Å². The minimum atomic E-state index is -0.241. The van der Waals surface area contributed by atoms with Gasteiger partial charge in [-0.05, 0) is 49.2 Å². The highest BCUT2D eigenvalue weighted by Crippen LogP contribution is 2.23. The molecular formula is C19H21ClN6O. The summed E-state index contributed by atoms with van der Waals surface area (Å²) >= 11 is 0. The van der Waals surface area contributed by atoms with Crippen LogP contribution in [0.25, 0.3) is 11.3 Å². The van der Waals surface area contributed by atoms with Gasteiger partial charge in [0.05, 0.1) is 11.4 Å². The highest BCUT2D eigenvalue weighted by molar-refractivity contribution is 6.03. The number of carbonyl (C=O) groups excluding carboxylic acids is 1. The van der Waals surface area contributed by atoms with Crippen molar-refractivity contribution in [3.63, 3.8) is 0 Å². The van der Waals surface area contributed by atoms with Gasteiger partial charge >= 0.3 is 0 Å². The van der Waals surface area contributed by atoms with Gasteiger partial charge in [0.15, 0.2) is 5.96 Å². The van der Waals surface area contributed by atoms with Crippen molar-refractivity contribution in [1.29, 1.82) is 0 Å². The molecule has 7 nitrogen and oxygen atoms in total. The molecule has 1 heterocycles. The van der Waals surface area contributed by atoms with E-state index in [0.717, 1.165) is 22.4 Å². The van der Waals surface area contributed by atoms with E-state index in [2.05, 4.69) is 20.5 Å². The fraction of sp³-hybridized carbons (Fsp3) is 0.105. The highest BCUT2D eigenvalue weighted by Gasteiger charge is 2.12. The van der Waals surface area contributed by atoms with Gasteiger partial charge < -0.3 is 16.8 Å². The summed E-state index contributed by atoms with van der Waals surface area (Å²) in [6.45, 7) is 3.98. The summed E-state index contributed by atoms with van der Waals surface area (Å²) < 4.78 is 0. The normalized spacial score (nSPS) is 10.0. The van der Waals surface area contributed by atoms with Crippen LogP contribution in [0.15, 0.2) is 53.5 Å². The third kappa shape index (κ3) is 4.65. The van der Waals surface area contributed by atoms with Crippen molar-refractivity contribution >= 4 is 35.6 Å². The van der Waals surface area contributed by atoms with Crippen LogP contribution in [0, 0.1) is 13.8 Å². The molecule has 6 N–H and O–H groups in total. The molecule has 0 aliphatic heterocycles. The van der Waals surface area contributed by atoms with E-state index < -0.39 is 0 Å². The molecule has 0 aliphatic rings. The number of nitrogens with one attached hydrogen (secondary N) is 2. The monoisotopic (exact) mass is 384 g/mol. The maximum Gasteiger partial charge on any atom is 0.273 e. The molecule has 3 aromatic rings. The zero-order valence-electron chi connectivity index (χ0n) is 15.0. The van der Waals surface area contributed by atoms with Gasteiger partial charge in [0.25, 0.3) is 5.91 Å². The van der Waals surface area contributed by atoms with Gasteiger partial charge in [-0.2, -0.15) is 5.10 Å². The summed E-state index contributed by atoms with van der Waals surface area (Å²) in [6, 6.07) is 14.7. The average molecular weight is 385 g/mol. The lowest BCUT2D eigenvalue weighted by atomic mass is 10.1. The van der Waals surface area contributed by atoms with Crippen molar-refractivity contribution in [1.82, 2.24) is 10.2 Å². The number of aryl methyl sites for hydroxylation is 1. The maximum absolute atomic E-state index is 12.5. The van der Waals surface area contributed by atoms with Gasteiger partial charge in [-0.15, -0.1) is 12.4 Å². The Morgan fingerprint density at radius 1 is 1.11 bits per heavy atom. The van der Waals surface area contributed by atoms with Crippen LogP contribution >= 0.6 is 12.4 Å². The first-order chi connectivity index (χ1) is 12.4. The molecule has 0 radical (unpaired) electrons. The molecule has 0 aliphatic carbocycles. The number of anilines is 1. The van der Waals surface area contributed by atoms with Crippen LogP contribution in [0.2, 0.25) is 0 Å². The van der Waals surface area contributed by atoms with Crippen LogP contribution in [-0.2, 0) is 0 Å². The van der Waals surface area contributed by atoms with Crippen molar-refractivity contribution in [3.05, 3.63) is 65.4 Å². The molecule has 0 saturated carbocycles. The molecule has 0 fully saturated rings. The molecule has 2 aromatic carbocycles. The van der Waals surface area contributed by atoms with Gasteiger partial charge in [-0.1, -0.05) is 24.3 Å². The van der Waals surface area contributed by atoms with Gasteiger partial charge in [0.2, 0.25) is 0 Å². The number of aromatic nitrogens is 2. The number of nitrogens with zero attached hydrogens (tertiary/aromatic N) is 2. The fourth-order valence-electron chi connectivity index (χ4n) is 2.52. The molecule has 1 aromatic heterocycles. The maximum atomic E-state index is 12.5. The van der Waals surface area contributed by atoms with E-state index in [1.807, 2.05) is 44.2 Å². The number of rotatable bonds is 4. The average Bonchev–Trinajstić information content (AvgIpc) is 3.09. The lowest BCUT2D eigenvalue weighted by Crippen LogP contribution is -2.21. The summed E-state index contributed by atoms with van der Waals surface area (Å²) in [6.07, 6.45) is 0. The molecule has 0 saturated heterocycles. The van der Waals surface area contributed by atoms with Crippen LogP contribution in [-0.4, -0.2) is 22.1 Å². The second kappa shape index (κ2) is 8.37. The molecule has 3 rings (SSSR count). The third-order valence-corrected chi connectivity index (χ3v) is 4.10. The molecule has 140 valence electrons. The molecular weight excluding hydrogens is 364 g/mol. The number of aromatic amines is 1. The van der Waals surface area contributed by atoms with E-state index >= 15 is 0 Å². The summed E-state index contributed by atoms with van der Waals surface area (Å²) in [5.41, 5.74) is 16.2. The van der Waals surface area contributed by atoms with Crippen LogP contribution in [0.1, 0.15) is 21.6 Å². The van der Waals surface area contributed by atoms with Crippen LogP contribution < -0.4 is 16.8 Å². The number of hydrogen-bond acceptors (Lipinski definition) is 3. The predicted octanol–water partition coefficient (Wildman–Crippen LogP) is 3.27. The van der Waals surface area contributed by atoms with E-state index in [9.17, 15) is 4.79 Å². The number of amides is 1. The number of aliphatic imine (C=N–C) groups is 1. The van der Waals surface area contributed by atoms with E-state index in [-0.39, 0.29) is 24.3 Å². The second-order valence-corrected chi connectivity index (χ2v) is 5.95. The third-order valence-electron chi connectivity index (χ3n) is 4.10. The number of H-pyrrole nitrogens is 1. The number of guanidine groups is 1. The Labute approximate surface area is 163 Å². The largest absolute Gasteiger partial charge is 0.370 e. The summed E-state index contributed by atoms with van der Waals surface area (Å²) in [4.78, 5) is 16.4. The van der Waals surface area contributed by atoms with E-state index in [4.69, 9.17) is 11.5 Å². The minimum absolute atomic E-state index is 0. The quantitative estimate of drug-likeness (QED) is 0.407. The number of nitrogens with two attached hydrogens (primary N) is 2. The zero-order chi connectivity index (χ0) is 18.7. The van der Waals surface area contributed by atoms with Crippen LogP contribution in [0.5, 0.6) is 0 Å². The number of halogens is 1. The molecule has 27 heavy (non-hydrogen) atoms. The molecule has 1 amide bonds. The molecule has 0 unspecified atom stereocenters. The van der Waals surface area contributed by atoms with Gasteiger partial charge in [-0.3, -0.25) is 9.89 Å². The summed E-state index contributed by atoms with van der Waals surface area (Å²) in [7, 11) is 0. The molecule has 0 bridgehead atoms. The van der Waals surface area contributed by atoms with Gasteiger partial charge in [0, 0.05) is 11.3 Å². The number of carbonyl (C=O) groups is 1. The summed E-state index contributed by atoms with van der Waals surface area (Å²) in [5, 5.41) is 9.89. The van der Waals surface area contributed by atoms with Crippen molar-refractivity contribution in [2.75, 3.05) is 5.32 Å². The Morgan fingerprint density at radius 3 is 2.48 bits per heavy atom. The highest BCUT2D eigenvalue weighted by atomic mass is 35.5. The molecule has 8 heteroatoms. The topological polar surface area (TPSA) is 122 Å². The Bertz CT molecular complexity index is 974. The van der Waals surface area contributed by atoms with Crippen molar-refractivity contribution in [3.8, 4) is 11.3 Å². The van der Waals surface area contributed by atoms with E-state index in [0.29, 0.717) is 17.1 Å². The lowest BCUT2D eigenvalue weighted by Gasteiger charge is -2.09. The second-order valence-electron chi connectivity index (χ2n) is 5.95. The molecule has 0 atom stereocenters. The first-order valence-electron chi connectivity index (χ1n) is 8.07. The molecule has 0 spiro atoms. The van der Waals surface area contributed by atoms with E-state index in [1.54, 1.807) is 18.2 Å². The van der Waals surface area contributed by atoms with Gasteiger partial charge in [0.1, 0.15) is 5.69 Å². The minimum Gasteiger partial charge on any atom is -0.370 e. The van der Waals surface area contributed by atoms with Gasteiger partial charge in [-0.25, -0.2) is 4.99 Å². The lowest BCUT2D eigenvalue weighted by molar-refractivity contribution is 0.102. The number of hydrogen-bond donors (Lipinski definition) is 4. The predicted molar refractivity (Wildman–Crippen MR) is 111 cm³/mol. The van der Waals surface area contributed by atoms with Crippen LogP contribution in [0.3, 0.4) is 0 Å². The number of benzene rings is 2. The van der Waals surface area contributed by atoms with E-state index in [1.165, 1.54) is 0 Å². The fourth-order valence-corrected chi connectivity index (χ4v) is 2.52. The SMILES string of the molecule is Cc1cccc(NC(=O)c2cc(-c3ccc(N=C(N)N)cc3)n[nH]2)c1C.Cl. The first kappa shape index (κ1) is 20.0. The standard InChI is InChI=1S/C19H20N6O.ClH/c1-11-4-3-5-15(12(11)2)23-18(26)17-10-16(24-25-17)13-6-8-14(9-7-13)22-19(20)21;/h3-10H,1-2H3,(H,23,26)(H,24,25)(H4,20,21,22);1H. The Kier molecular flexibility index (Phi) is 6.20.